The standard InChI is InChI=1S/C58H41N/c1-57(2)53-36-42(38-15-5-3-6-16-38)28-33-55(53)59(56-34-29-43(37-54(56)57)39-17-7-4-8-18-39)44-30-25-40(26-31-44)41-27-32-48-47-21-11-14-24-51(47)58(52(48)35-41)49-22-12-9-19-45(49)46-20-10-13-23-50(46)58/h3-37H,1-2H3. The molecule has 2 aliphatic carbocycles. The van der Waals surface area contributed by atoms with Crippen LogP contribution in [0.2, 0.25) is 0 Å². The number of fused-ring (bicyclic) bond motifs is 12. The lowest BCUT2D eigenvalue weighted by Gasteiger charge is -2.42. The third kappa shape index (κ3) is 4.79. The second kappa shape index (κ2) is 12.6. The van der Waals surface area contributed by atoms with Gasteiger partial charge >= 0.3 is 0 Å². The smallest absolute Gasteiger partial charge is 0.0725 e. The normalized spacial score (nSPS) is 14.5. The molecule has 1 heteroatoms. The van der Waals surface area contributed by atoms with Gasteiger partial charge in [-0.2, -0.15) is 0 Å². The second-order valence-electron chi connectivity index (χ2n) is 16.9. The van der Waals surface area contributed by atoms with Crippen molar-refractivity contribution in [1.82, 2.24) is 0 Å². The summed E-state index contributed by atoms with van der Waals surface area (Å²) in [5.41, 5.74) is 23.8. The second-order valence-corrected chi connectivity index (χ2v) is 16.9. The summed E-state index contributed by atoms with van der Waals surface area (Å²) in [6.07, 6.45) is 0. The van der Waals surface area contributed by atoms with Gasteiger partial charge in [0.15, 0.2) is 0 Å². The number of benzene rings is 9. The van der Waals surface area contributed by atoms with Crippen LogP contribution in [-0.2, 0) is 10.8 Å². The van der Waals surface area contributed by atoms with Crippen LogP contribution in [-0.4, -0.2) is 0 Å². The average Bonchev–Trinajstić information content (AvgIpc) is 3.77. The van der Waals surface area contributed by atoms with E-state index in [0.717, 1.165) is 5.69 Å². The fourth-order valence-corrected chi connectivity index (χ4v) is 10.7. The van der Waals surface area contributed by atoms with Gasteiger partial charge < -0.3 is 4.90 Å². The Labute approximate surface area is 346 Å². The van der Waals surface area contributed by atoms with Crippen molar-refractivity contribution in [3.05, 3.63) is 246 Å². The van der Waals surface area contributed by atoms with Gasteiger partial charge in [-0.15, -0.1) is 0 Å². The molecule has 0 saturated heterocycles. The van der Waals surface area contributed by atoms with Crippen molar-refractivity contribution >= 4 is 17.1 Å². The van der Waals surface area contributed by atoms with E-state index in [-0.39, 0.29) is 10.8 Å². The van der Waals surface area contributed by atoms with Crippen LogP contribution in [0.4, 0.5) is 17.1 Å². The summed E-state index contributed by atoms with van der Waals surface area (Å²) < 4.78 is 0. The third-order valence-corrected chi connectivity index (χ3v) is 13.5. The molecule has 0 aromatic heterocycles. The molecule has 59 heavy (non-hydrogen) atoms. The van der Waals surface area contributed by atoms with Crippen molar-refractivity contribution in [2.45, 2.75) is 24.7 Å². The first-order chi connectivity index (χ1) is 29.0. The maximum Gasteiger partial charge on any atom is 0.0725 e. The molecule has 9 aromatic rings. The van der Waals surface area contributed by atoms with Gasteiger partial charge in [-0.25, -0.2) is 0 Å². The van der Waals surface area contributed by atoms with Gasteiger partial charge in [-0.05, 0) is 131 Å². The number of nitrogens with zero attached hydrogens (tertiary/aromatic N) is 1. The van der Waals surface area contributed by atoms with E-state index in [0.29, 0.717) is 0 Å². The minimum absolute atomic E-state index is 0.230. The summed E-state index contributed by atoms with van der Waals surface area (Å²) in [4.78, 5) is 2.48. The van der Waals surface area contributed by atoms with Crippen LogP contribution in [0.5, 0.6) is 0 Å². The fourth-order valence-electron chi connectivity index (χ4n) is 10.7. The zero-order valence-corrected chi connectivity index (χ0v) is 33.2. The Morgan fingerprint density at radius 1 is 0.288 bits per heavy atom. The van der Waals surface area contributed by atoms with Crippen LogP contribution in [0.1, 0.15) is 47.2 Å². The monoisotopic (exact) mass is 751 g/mol. The van der Waals surface area contributed by atoms with E-state index >= 15 is 0 Å². The lowest BCUT2D eigenvalue weighted by Crippen LogP contribution is -2.30. The summed E-state index contributed by atoms with van der Waals surface area (Å²) in [5.74, 6) is 0. The van der Waals surface area contributed by atoms with Gasteiger partial charge in [0.05, 0.1) is 16.8 Å². The summed E-state index contributed by atoms with van der Waals surface area (Å²) in [5, 5.41) is 0. The van der Waals surface area contributed by atoms with Crippen molar-refractivity contribution in [1.29, 1.82) is 0 Å². The molecule has 0 fully saturated rings. The number of hydrogen-bond donors (Lipinski definition) is 0. The molecule has 0 radical (unpaired) electrons. The summed E-state index contributed by atoms with van der Waals surface area (Å²) in [6.45, 7) is 4.77. The molecule has 1 aliphatic heterocycles. The first-order valence-corrected chi connectivity index (χ1v) is 20.8. The molecule has 0 N–H and O–H groups in total. The van der Waals surface area contributed by atoms with Gasteiger partial charge in [0.2, 0.25) is 0 Å². The highest BCUT2D eigenvalue weighted by Gasteiger charge is 2.51. The van der Waals surface area contributed by atoms with E-state index in [9.17, 15) is 0 Å². The van der Waals surface area contributed by atoms with Crippen molar-refractivity contribution in [2.24, 2.45) is 0 Å². The third-order valence-electron chi connectivity index (χ3n) is 13.5. The van der Waals surface area contributed by atoms with Gasteiger partial charge in [-0.3, -0.25) is 0 Å². The molecular formula is C58H41N. The molecule has 1 heterocycles. The van der Waals surface area contributed by atoms with Crippen LogP contribution in [0, 0.1) is 0 Å². The molecule has 0 amide bonds. The first kappa shape index (κ1) is 33.9. The quantitative estimate of drug-likeness (QED) is 0.173. The van der Waals surface area contributed by atoms with E-state index in [2.05, 4.69) is 231 Å². The zero-order chi connectivity index (χ0) is 39.3. The first-order valence-electron chi connectivity index (χ1n) is 20.8. The minimum atomic E-state index is -0.361. The highest BCUT2D eigenvalue weighted by molar-refractivity contribution is 5.96. The summed E-state index contributed by atoms with van der Waals surface area (Å²) in [7, 11) is 0. The maximum atomic E-state index is 2.48. The van der Waals surface area contributed by atoms with Crippen molar-refractivity contribution in [3.8, 4) is 55.6 Å². The molecular weight excluding hydrogens is 711 g/mol. The van der Waals surface area contributed by atoms with E-state index < -0.39 is 0 Å². The summed E-state index contributed by atoms with van der Waals surface area (Å²) in [6, 6.07) is 79.1. The van der Waals surface area contributed by atoms with Crippen LogP contribution in [0.15, 0.2) is 212 Å². The fraction of sp³-hybridized carbons (Fsp3) is 0.0690. The van der Waals surface area contributed by atoms with Crippen LogP contribution in [0.25, 0.3) is 55.6 Å². The van der Waals surface area contributed by atoms with E-state index in [1.165, 1.54) is 100 Å². The highest BCUT2D eigenvalue weighted by atomic mass is 15.2. The lowest BCUT2D eigenvalue weighted by molar-refractivity contribution is 0.632. The van der Waals surface area contributed by atoms with Crippen LogP contribution in [0.3, 0.4) is 0 Å². The Hall–Kier alpha value is -7.22. The highest BCUT2D eigenvalue weighted by Crippen LogP contribution is 2.63. The van der Waals surface area contributed by atoms with Gasteiger partial charge in [-0.1, -0.05) is 184 Å². The average molecular weight is 752 g/mol. The van der Waals surface area contributed by atoms with Crippen LogP contribution >= 0.6 is 0 Å². The van der Waals surface area contributed by atoms with E-state index in [1.54, 1.807) is 0 Å². The molecule has 0 unspecified atom stereocenters. The Morgan fingerprint density at radius 2 is 0.644 bits per heavy atom. The number of anilines is 3. The Balaban J connectivity index is 1.00. The van der Waals surface area contributed by atoms with E-state index in [4.69, 9.17) is 0 Å². The predicted molar refractivity (Wildman–Crippen MR) is 246 cm³/mol. The molecule has 1 nitrogen and oxygen atoms in total. The minimum Gasteiger partial charge on any atom is -0.310 e. The molecule has 9 aromatic carbocycles. The Morgan fingerprint density at radius 3 is 1.12 bits per heavy atom. The SMILES string of the molecule is CC1(C)c2cc(-c3ccccc3)ccc2N(c2ccc(-c3ccc4c(c3)C3(c5ccccc5-c5ccccc53)c3ccccc3-4)cc2)c2ccc(-c3ccccc3)cc21. The molecule has 0 atom stereocenters. The molecule has 3 aliphatic rings. The Kier molecular flexibility index (Phi) is 7.26. The molecule has 0 saturated carbocycles. The van der Waals surface area contributed by atoms with Gasteiger partial charge in [0.1, 0.15) is 0 Å². The van der Waals surface area contributed by atoms with Crippen molar-refractivity contribution < 1.29 is 0 Å². The maximum absolute atomic E-state index is 2.48. The Bertz CT molecular complexity index is 2960. The van der Waals surface area contributed by atoms with Crippen molar-refractivity contribution in [3.63, 3.8) is 0 Å². The molecule has 0 bridgehead atoms. The molecule has 278 valence electrons. The van der Waals surface area contributed by atoms with Gasteiger partial charge in [0, 0.05) is 11.1 Å². The molecule has 12 rings (SSSR count). The number of rotatable bonds is 4. The zero-order valence-electron chi connectivity index (χ0n) is 33.2. The molecule has 1 spiro atoms. The lowest BCUT2D eigenvalue weighted by atomic mass is 9.70. The van der Waals surface area contributed by atoms with E-state index in [1.807, 2.05) is 0 Å². The largest absolute Gasteiger partial charge is 0.310 e. The van der Waals surface area contributed by atoms with Crippen molar-refractivity contribution in [2.75, 3.05) is 4.90 Å². The topological polar surface area (TPSA) is 3.24 Å². The summed E-state index contributed by atoms with van der Waals surface area (Å²) >= 11 is 0. The predicted octanol–water partition coefficient (Wildman–Crippen LogP) is 15.1. The van der Waals surface area contributed by atoms with Gasteiger partial charge in [0.25, 0.3) is 0 Å². The van der Waals surface area contributed by atoms with Crippen LogP contribution < -0.4 is 4.90 Å². The number of hydrogen-bond acceptors (Lipinski definition) is 1.